The molecular formula is C31H29FN4O5S. The fraction of sp³-hybridized carbons (Fsp3) is 0.129. The lowest BCUT2D eigenvalue weighted by Crippen LogP contribution is -2.40. The number of hydrogen-bond acceptors (Lipinski definition) is 6. The number of hydrazone groups is 1. The summed E-state index contributed by atoms with van der Waals surface area (Å²) >= 11 is 0. The van der Waals surface area contributed by atoms with Crippen LogP contribution in [0.3, 0.4) is 0 Å². The summed E-state index contributed by atoms with van der Waals surface area (Å²) in [7, 11) is -4.04. The molecule has 0 aliphatic heterocycles. The predicted molar refractivity (Wildman–Crippen MR) is 160 cm³/mol. The monoisotopic (exact) mass is 588 g/mol. The zero-order valence-corrected chi connectivity index (χ0v) is 23.8. The van der Waals surface area contributed by atoms with E-state index in [1.165, 1.54) is 42.6 Å². The molecule has 4 rings (SSSR count). The van der Waals surface area contributed by atoms with Crippen LogP contribution in [0.5, 0.6) is 5.75 Å². The van der Waals surface area contributed by atoms with Crippen molar-refractivity contribution in [3.05, 3.63) is 120 Å². The zero-order valence-electron chi connectivity index (χ0n) is 23.0. The number of ether oxygens (including phenoxy) is 1. The van der Waals surface area contributed by atoms with Gasteiger partial charge in [-0.05, 0) is 97.3 Å². The number of aryl methyl sites for hydroxylation is 2. The number of nitrogens with zero attached hydrogens (tertiary/aromatic N) is 2. The smallest absolute Gasteiger partial charge is 0.264 e. The quantitative estimate of drug-likeness (QED) is 0.193. The highest BCUT2D eigenvalue weighted by molar-refractivity contribution is 7.92. The summed E-state index contributed by atoms with van der Waals surface area (Å²) < 4.78 is 46.6. The Bertz CT molecular complexity index is 1680. The van der Waals surface area contributed by atoms with E-state index >= 15 is 0 Å². The van der Waals surface area contributed by atoms with Gasteiger partial charge in [0, 0.05) is 5.69 Å². The van der Waals surface area contributed by atoms with E-state index in [4.69, 9.17) is 4.74 Å². The van der Waals surface area contributed by atoms with E-state index in [1.54, 1.807) is 61.5 Å². The van der Waals surface area contributed by atoms with Crippen LogP contribution >= 0.6 is 0 Å². The van der Waals surface area contributed by atoms with Crippen molar-refractivity contribution >= 4 is 39.4 Å². The van der Waals surface area contributed by atoms with Gasteiger partial charge in [0.15, 0.2) is 6.61 Å². The number of carbonyl (C=O) groups is 2. The third-order valence-corrected chi connectivity index (χ3v) is 7.81. The molecule has 0 bridgehead atoms. The van der Waals surface area contributed by atoms with Crippen LogP contribution in [0.2, 0.25) is 0 Å². The zero-order chi connectivity index (χ0) is 30.1. The lowest BCUT2D eigenvalue weighted by Gasteiger charge is -2.25. The molecule has 0 atom stereocenters. The third-order valence-electron chi connectivity index (χ3n) is 6.03. The number of hydrogen-bond donors (Lipinski definition) is 2. The number of sulfonamides is 1. The average molecular weight is 589 g/mol. The van der Waals surface area contributed by atoms with Gasteiger partial charge in [-0.25, -0.2) is 18.2 Å². The molecule has 216 valence electrons. The first kappa shape index (κ1) is 29.9. The molecule has 0 radical (unpaired) electrons. The second-order valence-corrected chi connectivity index (χ2v) is 11.2. The maximum absolute atomic E-state index is 13.5. The van der Waals surface area contributed by atoms with Crippen molar-refractivity contribution in [3.63, 3.8) is 0 Å². The van der Waals surface area contributed by atoms with E-state index in [0.717, 1.165) is 9.87 Å². The second-order valence-electron chi connectivity index (χ2n) is 9.32. The maximum Gasteiger partial charge on any atom is 0.264 e. The molecule has 0 saturated carbocycles. The summed E-state index contributed by atoms with van der Waals surface area (Å²) in [6.07, 6.45) is 1.40. The summed E-state index contributed by atoms with van der Waals surface area (Å²) in [6, 6.07) is 25.3. The van der Waals surface area contributed by atoms with Crippen molar-refractivity contribution in [2.24, 2.45) is 5.10 Å². The molecule has 4 aromatic carbocycles. The largest absolute Gasteiger partial charge is 0.484 e. The number of rotatable bonds is 11. The van der Waals surface area contributed by atoms with Gasteiger partial charge >= 0.3 is 0 Å². The molecule has 11 heteroatoms. The minimum Gasteiger partial charge on any atom is -0.484 e. The Labute approximate surface area is 243 Å². The molecule has 0 unspecified atom stereocenters. The third kappa shape index (κ3) is 8.01. The highest BCUT2D eigenvalue weighted by Crippen LogP contribution is 2.27. The molecule has 0 fully saturated rings. The molecule has 0 spiro atoms. The lowest BCUT2D eigenvalue weighted by atomic mass is 10.1. The molecule has 2 amide bonds. The van der Waals surface area contributed by atoms with E-state index in [-0.39, 0.29) is 11.5 Å². The standard InChI is InChI=1S/C31H29FN4O5S/c1-22-8-9-23(2)29(18-22)36(42(39,40)28-6-4-3-5-7-28)20-30(37)35-33-19-24-10-16-27(17-11-24)41-21-31(38)34-26-14-12-25(32)13-15-26/h3-19H,20-21H2,1-2H3,(H,34,38)(H,35,37)/b33-19-. The van der Waals surface area contributed by atoms with Crippen LogP contribution in [0.4, 0.5) is 15.8 Å². The van der Waals surface area contributed by atoms with Crippen LogP contribution < -0.4 is 19.8 Å². The van der Waals surface area contributed by atoms with E-state index in [2.05, 4.69) is 15.8 Å². The number of benzene rings is 4. The topological polar surface area (TPSA) is 117 Å². The van der Waals surface area contributed by atoms with Crippen molar-refractivity contribution < 1.29 is 27.1 Å². The summed E-state index contributed by atoms with van der Waals surface area (Å²) in [6.45, 7) is 2.90. The van der Waals surface area contributed by atoms with Crippen molar-refractivity contribution in [2.45, 2.75) is 18.7 Å². The van der Waals surface area contributed by atoms with Crippen molar-refractivity contribution in [3.8, 4) is 5.75 Å². The Morgan fingerprint density at radius 1 is 0.905 bits per heavy atom. The van der Waals surface area contributed by atoms with E-state index in [0.29, 0.717) is 28.3 Å². The molecule has 0 saturated heterocycles. The van der Waals surface area contributed by atoms with Gasteiger partial charge < -0.3 is 10.1 Å². The number of amides is 2. The van der Waals surface area contributed by atoms with Gasteiger partial charge in [0.25, 0.3) is 21.8 Å². The fourth-order valence-electron chi connectivity index (χ4n) is 3.88. The van der Waals surface area contributed by atoms with Gasteiger partial charge in [0.2, 0.25) is 0 Å². The van der Waals surface area contributed by atoms with Gasteiger partial charge in [-0.15, -0.1) is 0 Å². The van der Waals surface area contributed by atoms with E-state index in [1.807, 2.05) is 13.0 Å². The predicted octanol–water partition coefficient (Wildman–Crippen LogP) is 4.81. The first-order valence-electron chi connectivity index (χ1n) is 12.9. The average Bonchev–Trinajstić information content (AvgIpc) is 2.98. The first-order valence-corrected chi connectivity index (χ1v) is 14.3. The molecule has 42 heavy (non-hydrogen) atoms. The van der Waals surface area contributed by atoms with Crippen LogP contribution in [0.1, 0.15) is 16.7 Å². The Morgan fingerprint density at radius 3 is 2.29 bits per heavy atom. The van der Waals surface area contributed by atoms with Crippen LogP contribution in [0.15, 0.2) is 107 Å². The van der Waals surface area contributed by atoms with Gasteiger partial charge in [0.05, 0.1) is 16.8 Å². The van der Waals surface area contributed by atoms with Crippen molar-refractivity contribution in [1.29, 1.82) is 0 Å². The normalized spacial score (nSPS) is 11.2. The van der Waals surface area contributed by atoms with Crippen LogP contribution in [0.25, 0.3) is 0 Å². The Hall–Kier alpha value is -5.03. The highest BCUT2D eigenvalue weighted by Gasteiger charge is 2.28. The number of halogens is 1. The molecular weight excluding hydrogens is 559 g/mol. The Morgan fingerprint density at radius 2 is 1.60 bits per heavy atom. The van der Waals surface area contributed by atoms with Gasteiger partial charge in [0.1, 0.15) is 18.1 Å². The first-order chi connectivity index (χ1) is 20.1. The van der Waals surface area contributed by atoms with Gasteiger partial charge in [-0.3, -0.25) is 13.9 Å². The van der Waals surface area contributed by atoms with Crippen molar-refractivity contribution in [1.82, 2.24) is 5.43 Å². The SMILES string of the molecule is Cc1ccc(C)c(N(CC(=O)N/N=C\c2ccc(OCC(=O)Nc3ccc(F)cc3)cc2)S(=O)(=O)c2ccccc2)c1. The molecule has 9 nitrogen and oxygen atoms in total. The molecule has 0 heterocycles. The number of nitrogens with one attached hydrogen (secondary N) is 2. The highest BCUT2D eigenvalue weighted by atomic mass is 32.2. The van der Waals surface area contributed by atoms with Crippen molar-refractivity contribution in [2.75, 3.05) is 22.8 Å². The van der Waals surface area contributed by atoms with Gasteiger partial charge in [-0.2, -0.15) is 5.10 Å². The molecule has 0 aromatic heterocycles. The minimum absolute atomic E-state index is 0.0671. The summed E-state index contributed by atoms with van der Waals surface area (Å²) in [4.78, 5) is 25.0. The Kier molecular flexibility index (Phi) is 9.66. The number of carbonyl (C=O) groups excluding carboxylic acids is 2. The lowest BCUT2D eigenvalue weighted by molar-refractivity contribution is -0.119. The fourth-order valence-corrected chi connectivity index (χ4v) is 5.38. The molecule has 0 aliphatic carbocycles. The summed E-state index contributed by atoms with van der Waals surface area (Å²) in [5.74, 6) is -0.999. The number of anilines is 2. The molecule has 2 N–H and O–H groups in total. The van der Waals surface area contributed by atoms with Crippen LogP contribution in [0, 0.1) is 19.7 Å². The van der Waals surface area contributed by atoms with E-state index < -0.39 is 34.2 Å². The summed E-state index contributed by atoms with van der Waals surface area (Å²) in [5.41, 5.74) is 5.42. The second kappa shape index (κ2) is 13.6. The van der Waals surface area contributed by atoms with E-state index in [9.17, 15) is 22.4 Å². The maximum atomic E-state index is 13.5. The van der Waals surface area contributed by atoms with Crippen LogP contribution in [-0.2, 0) is 19.6 Å². The molecule has 0 aliphatic rings. The summed E-state index contributed by atoms with van der Waals surface area (Å²) in [5, 5.41) is 6.57. The van der Waals surface area contributed by atoms with Gasteiger partial charge in [-0.1, -0.05) is 30.3 Å². The minimum atomic E-state index is -4.04. The molecule has 4 aromatic rings. The Balaban J connectivity index is 1.36. The van der Waals surface area contributed by atoms with Crippen LogP contribution in [-0.4, -0.2) is 39.6 Å².